The van der Waals surface area contributed by atoms with Crippen LogP contribution in [0, 0.1) is 13.8 Å². The number of urea groups is 1. The zero-order valence-electron chi connectivity index (χ0n) is 14.3. The largest absolute Gasteiger partial charge is 0.337 e. The van der Waals surface area contributed by atoms with E-state index in [-0.39, 0.29) is 12.1 Å². The molecule has 128 valence electrons. The zero-order chi connectivity index (χ0) is 17.1. The van der Waals surface area contributed by atoms with Crippen molar-refractivity contribution in [1.82, 2.24) is 20.2 Å². The van der Waals surface area contributed by atoms with Crippen LogP contribution in [0.3, 0.4) is 0 Å². The molecule has 3 heterocycles. The molecule has 2 aromatic heterocycles. The first-order valence-corrected chi connectivity index (χ1v) is 9.00. The van der Waals surface area contributed by atoms with Crippen molar-refractivity contribution < 1.29 is 4.79 Å². The van der Waals surface area contributed by atoms with Gasteiger partial charge in [0.1, 0.15) is 0 Å². The molecule has 1 saturated heterocycles. The van der Waals surface area contributed by atoms with E-state index >= 15 is 0 Å². The van der Waals surface area contributed by atoms with Gasteiger partial charge in [-0.25, -0.2) is 14.8 Å². The fourth-order valence-electron chi connectivity index (χ4n) is 3.00. The predicted octanol–water partition coefficient (Wildman–Crippen LogP) is 2.75. The molecule has 0 radical (unpaired) electrons. The lowest BCUT2D eigenvalue weighted by Gasteiger charge is -2.35. The van der Waals surface area contributed by atoms with E-state index in [9.17, 15) is 4.79 Å². The first kappa shape index (κ1) is 16.7. The van der Waals surface area contributed by atoms with Gasteiger partial charge in [0.05, 0.1) is 6.04 Å². The number of piperazine rings is 1. The second-order valence-corrected chi connectivity index (χ2v) is 7.52. The van der Waals surface area contributed by atoms with Crippen molar-refractivity contribution in [2.45, 2.75) is 26.8 Å². The number of nitrogens with one attached hydrogen (secondary N) is 1. The van der Waals surface area contributed by atoms with Gasteiger partial charge in [-0.1, -0.05) is 0 Å². The van der Waals surface area contributed by atoms with E-state index < -0.39 is 0 Å². The molecule has 0 bridgehead atoms. The Labute approximate surface area is 146 Å². The topological polar surface area (TPSA) is 61.4 Å². The number of anilines is 1. The van der Waals surface area contributed by atoms with Crippen LogP contribution in [0.5, 0.6) is 0 Å². The predicted molar refractivity (Wildman–Crippen MR) is 96.6 cm³/mol. The second kappa shape index (κ2) is 7.17. The number of carbonyl (C=O) groups is 1. The normalized spacial score (nSPS) is 16.1. The molecule has 2 amide bonds. The molecular formula is C17H23N5OS. The number of nitrogens with zero attached hydrogens (tertiary/aromatic N) is 4. The highest BCUT2D eigenvalue weighted by Gasteiger charge is 2.24. The highest BCUT2D eigenvalue weighted by Crippen LogP contribution is 2.26. The highest BCUT2D eigenvalue weighted by atomic mass is 32.1. The van der Waals surface area contributed by atoms with Crippen LogP contribution < -0.4 is 10.2 Å². The molecule has 1 aliphatic rings. The van der Waals surface area contributed by atoms with Crippen LogP contribution in [0.2, 0.25) is 0 Å². The van der Waals surface area contributed by atoms with Gasteiger partial charge in [-0.2, -0.15) is 0 Å². The maximum Gasteiger partial charge on any atom is 0.317 e. The molecule has 0 unspecified atom stereocenters. The van der Waals surface area contributed by atoms with E-state index in [4.69, 9.17) is 0 Å². The molecule has 0 spiro atoms. The number of hydrogen-bond donors (Lipinski definition) is 1. The molecule has 0 aromatic carbocycles. The van der Waals surface area contributed by atoms with Gasteiger partial charge in [0.15, 0.2) is 0 Å². The Bertz CT molecular complexity index is 694. The van der Waals surface area contributed by atoms with Crippen LogP contribution in [-0.4, -0.2) is 47.1 Å². The number of thiophene rings is 1. The first-order valence-electron chi connectivity index (χ1n) is 8.19. The van der Waals surface area contributed by atoms with Crippen molar-refractivity contribution in [3.63, 3.8) is 0 Å². The molecule has 0 aliphatic carbocycles. The lowest BCUT2D eigenvalue weighted by atomic mass is 10.1. The second-order valence-electron chi connectivity index (χ2n) is 6.06. The van der Waals surface area contributed by atoms with Crippen LogP contribution in [-0.2, 0) is 0 Å². The summed E-state index contributed by atoms with van der Waals surface area (Å²) in [5.74, 6) is 0.732. The third-order valence-corrected chi connectivity index (χ3v) is 5.27. The molecule has 1 fully saturated rings. The van der Waals surface area contributed by atoms with Gasteiger partial charge in [-0.15, -0.1) is 11.3 Å². The van der Waals surface area contributed by atoms with Crippen LogP contribution in [0.25, 0.3) is 0 Å². The Balaban J connectivity index is 1.54. The highest BCUT2D eigenvalue weighted by molar-refractivity contribution is 7.12. The van der Waals surface area contributed by atoms with Gasteiger partial charge in [-0.05, 0) is 38.5 Å². The van der Waals surface area contributed by atoms with E-state index in [0.29, 0.717) is 13.1 Å². The van der Waals surface area contributed by atoms with Crippen molar-refractivity contribution in [1.29, 1.82) is 0 Å². The Hall–Kier alpha value is -2.15. The Morgan fingerprint density at radius 2 is 1.88 bits per heavy atom. The summed E-state index contributed by atoms with van der Waals surface area (Å²) in [5.41, 5.74) is 1.21. The summed E-state index contributed by atoms with van der Waals surface area (Å²) < 4.78 is 0. The van der Waals surface area contributed by atoms with Crippen molar-refractivity contribution >= 4 is 23.3 Å². The number of aryl methyl sites for hydroxylation is 2. The molecule has 7 heteroatoms. The minimum Gasteiger partial charge on any atom is -0.337 e. The maximum atomic E-state index is 12.5. The third-order valence-electron chi connectivity index (χ3n) is 4.29. The van der Waals surface area contributed by atoms with Gasteiger partial charge in [0, 0.05) is 48.3 Å². The van der Waals surface area contributed by atoms with Gasteiger partial charge < -0.3 is 15.1 Å². The summed E-state index contributed by atoms with van der Waals surface area (Å²) in [6.45, 7) is 9.11. The third kappa shape index (κ3) is 3.67. The summed E-state index contributed by atoms with van der Waals surface area (Å²) in [6, 6.07) is 4.00. The van der Waals surface area contributed by atoms with Gasteiger partial charge in [-0.3, -0.25) is 0 Å². The average molecular weight is 345 g/mol. The zero-order valence-corrected chi connectivity index (χ0v) is 15.1. The SMILES string of the molecule is Cc1cc([C@H](C)NC(=O)N2CCN(c3ncccn3)CC2)c(C)s1. The quantitative estimate of drug-likeness (QED) is 0.929. The van der Waals surface area contributed by atoms with Gasteiger partial charge >= 0.3 is 6.03 Å². The minimum absolute atomic E-state index is 0.000571. The molecule has 24 heavy (non-hydrogen) atoms. The van der Waals surface area contributed by atoms with E-state index in [1.54, 1.807) is 23.7 Å². The van der Waals surface area contributed by atoms with Crippen molar-refractivity contribution in [3.8, 4) is 0 Å². The Morgan fingerprint density at radius 3 is 2.46 bits per heavy atom. The number of aromatic nitrogens is 2. The maximum absolute atomic E-state index is 12.5. The summed E-state index contributed by atoms with van der Waals surface area (Å²) >= 11 is 1.77. The van der Waals surface area contributed by atoms with E-state index in [1.807, 2.05) is 17.9 Å². The van der Waals surface area contributed by atoms with E-state index in [2.05, 4.69) is 40.1 Å². The number of rotatable bonds is 3. The standard InChI is InChI=1S/C17H23N5OS/c1-12-11-15(14(3)24-12)13(2)20-17(23)22-9-7-21(8-10-22)16-18-5-4-6-19-16/h4-6,11,13H,7-10H2,1-3H3,(H,20,23)/t13-/m0/s1. The van der Waals surface area contributed by atoms with Crippen LogP contribution in [0.4, 0.5) is 10.7 Å². The molecule has 2 aromatic rings. The minimum atomic E-state index is -0.000571. The first-order chi connectivity index (χ1) is 11.5. The lowest BCUT2D eigenvalue weighted by Crippen LogP contribution is -2.52. The molecule has 1 atom stereocenters. The monoisotopic (exact) mass is 345 g/mol. The van der Waals surface area contributed by atoms with Crippen molar-refractivity contribution in [3.05, 3.63) is 39.8 Å². The molecule has 6 nitrogen and oxygen atoms in total. The molecular weight excluding hydrogens is 322 g/mol. The summed E-state index contributed by atoms with van der Waals surface area (Å²) in [7, 11) is 0. The Kier molecular flexibility index (Phi) is 4.99. The molecule has 3 rings (SSSR count). The van der Waals surface area contributed by atoms with Crippen molar-refractivity contribution in [2.24, 2.45) is 0 Å². The van der Waals surface area contributed by atoms with Gasteiger partial charge in [0.2, 0.25) is 5.95 Å². The van der Waals surface area contributed by atoms with E-state index in [1.165, 1.54) is 15.3 Å². The molecule has 0 saturated carbocycles. The average Bonchev–Trinajstić information content (AvgIpc) is 2.94. The molecule has 1 N–H and O–H groups in total. The van der Waals surface area contributed by atoms with Crippen molar-refractivity contribution in [2.75, 3.05) is 31.1 Å². The van der Waals surface area contributed by atoms with Crippen LogP contribution in [0.1, 0.15) is 28.3 Å². The summed E-state index contributed by atoms with van der Waals surface area (Å²) in [4.78, 5) is 27.6. The number of amides is 2. The van der Waals surface area contributed by atoms with Gasteiger partial charge in [0.25, 0.3) is 0 Å². The number of carbonyl (C=O) groups excluding carboxylic acids is 1. The smallest absolute Gasteiger partial charge is 0.317 e. The fourth-order valence-corrected chi connectivity index (χ4v) is 4.02. The van der Waals surface area contributed by atoms with Crippen LogP contribution >= 0.6 is 11.3 Å². The Morgan fingerprint density at radius 1 is 1.21 bits per heavy atom. The molecule has 1 aliphatic heterocycles. The number of hydrogen-bond acceptors (Lipinski definition) is 5. The lowest BCUT2D eigenvalue weighted by molar-refractivity contribution is 0.191. The summed E-state index contributed by atoms with van der Waals surface area (Å²) in [5, 5.41) is 3.12. The summed E-state index contributed by atoms with van der Waals surface area (Å²) in [6.07, 6.45) is 3.49. The fraction of sp³-hybridized carbons (Fsp3) is 0.471. The van der Waals surface area contributed by atoms with Crippen LogP contribution in [0.15, 0.2) is 24.5 Å². The van der Waals surface area contributed by atoms with E-state index in [0.717, 1.165) is 19.0 Å².